The van der Waals surface area contributed by atoms with Gasteiger partial charge in [-0.1, -0.05) is 24.3 Å². The third-order valence-electron chi connectivity index (χ3n) is 6.32. The molecule has 1 saturated heterocycles. The molecule has 1 aliphatic heterocycles. The molecule has 4 nitrogen and oxygen atoms in total. The van der Waals surface area contributed by atoms with Crippen molar-refractivity contribution in [1.82, 2.24) is 15.0 Å². The monoisotopic (exact) mass is 454 g/mol. The predicted molar refractivity (Wildman–Crippen MR) is 132 cm³/mol. The lowest BCUT2D eigenvalue weighted by atomic mass is 9.90. The number of fused-ring (bicyclic) bond motifs is 1. The number of halogens is 1. The summed E-state index contributed by atoms with van der Waals surface area (Å²) in [5, 5.41) is 0.962. The molecule has 6 heteroatoms. The van der Waals surface area contributed by atoms with E-state index in [9.17, 15) is 4.39 Å². The summed E-state index contributed by atoms with van der Waals surface area (Å²) in [6.07, 6.45) is 9.09. The van der Waals surface area contributed by atoms with Gasteiger partial charge in [-0.2, -0.15) is 0 Å². The summed E-state index contributed by atoms with van der Waals surface area (Å²) in [7, 11) is 0. The lowest BCUT2D eigenvalue weighted by molar-refractivity contribution is 0.629. The van der Waals surface area contributed by atoms with Gasteiger partial charge in [-0.15, -0.1) is 11.3 Å². The fourth-order valence-electron chi connectivity index (χ4n) is 4.58. The second-order valence-corrected chi connectivity index (χ2v) is 9.60. The first kappa shape index (κ1) is 20.2. The molecule has 1 atom stereocenters. The zero-order valence-electron chi connectivity index (χ0n) is 18.3. The molecule has 1 aliphatic carbocycles. The molecule has 1 aromatic carbocycles. The number of nitrogens with zero attached hydrogens (tertiary/aromatic N) is 4. The maximum Gasteiger partial charge on any atom is 0.146 e. The van der Waals surface area contributed by atoms with Crippen molar-refractivity contribution in [1.29, 1.82) is 0 Å². The first-order valence-electron chi connectivity index (χ1n) is 11.3. The van der Waals surface area contributed by atoms with Crippen molar-refractivity contribution < 1.29 is 4.39 Å². The van der Waals surface area contributed by atoms with Crippen molar-refractivity contribution in [2.24, 2.45) is 0 Å². The van der Waals surface area contributed by atoms with E-state index in [1.165, 1.54) is 17.2 Å². The predicted octanol–water partition coefficient (Wildman–Crippen LogP) is 6.32. The topological polar surface area (TPSA) is 41.7 Å². The van der Waals surface area contributed by atoms with Crippen molar-refractivity contribution >= 4 is 22.6 Å². The van der Waals surface area contributed by atoms with Crippen molar-refractivity contribution in [2.45, 2.75) is 32.2 Å². The number of allylic oxidation sites excluding steroid dienone is 1. The fraction of sp³-hybridized carbons (Fsp3) is 0.222. The van der Waals surface area contributed by atoms with Gasteiger partial charge in [0.1, 0.15) is 10.8 Å². The van der Waals surface area contributed by atoms with Crippen LogP contribution in [-0.4, -0.2) is 27.5 Å². The van der Waals surface area contributed by atoms with E-state index in [0.29, 0.717) is 5.69 Å². The van der Waals surface area contributed by atoms with Crippen LogP contribution in [0.25, 0.3) is 26.7 Å². The zero-order valence-corrected chi connectivity index (χ0v) is 19.1. The first-order chi connectivity index (χ1) is 16.2. The van der Waals surface area contributed by atoms with Gasteiger partial charge >= 0.3 is 0 Å². The second kappa shape index (κ2) is 8.19. The van der Waals surface area contributed by atoms with E-state index in [2.05, 4.69) is 28.1 Å². The highest BCUT2D eigenvalue weighted by Gasteiger charge is 2.35. The number of hydrogen-bond acceptors (Lipinski definition) is 5. The molecule has 6 rings (SSSR count). The fourth-order valence-corrected chi connectivity index (χ4v) is 5.61. The average molecular weight is 455 g/mol. The number of hydrogen-bond donors (Lipinski definition) is 0. The van der Waals surface area contributed by atoms with Gasteiger partial charge in [0.05, 0.1) is 33.7 Å². The molecule has 0 spiro atoms. The Morgan fingerprint density at radius 2 is 1.97 bits per heavy atom. The van der Waals surface area contributed by atoms with Gasteiger partial charge in [0, 0.05) is 24.5 Å². The number of pyridine rings is 2. The Morgan fingerprint density at radius 1 is 1.06 bits per heavy atom. The quantitative estimate of drug-likeness (QED) is 0.338. The Hall–Kier alpha value is -3.38. The van der Waals surface area contributed by atoms with Crippen molar-refractivity contribution in [3.63, 3.8) is 0 Å². The van der Waals surface area contributed by atoms with Crippen LogP contribution in [0.3, 0.4) is 0 Å². The van der Waals surface area contributed by atoms with E-state index < -0.39 is 0 Å². The van der Waals surface area contributed by atoms with Gasteiger partial charge in [0.25, 0.3) is 0 Å². The summed E-state index contributed by atoms with van der Waals surface area (Å²) in [6.45, 7) is 2.89. The summed E-state index contributed by atoms with van der Waals surface area (Å²) in [5.41, 5.74) is 7.32. The van der Waals surface area contributed by atoms with Crippen LogP contribution in [0.2, 0.25) is 0 Å². The molecule has 164 valence electrons. The standard InChI is InChI=1S/C27H23FN4S/c1-17-26(33-27(30-17)20-8-5-13-29-15-20)23-12-11-18-6-4-7-19(25(18)31-23)14-21-16-32(21)24-10-3-2-9-22(24)28/h2-3,5,8-15,21H,4,6-7,16H2,1H3. The van der Waals surface area contributed by atoms with Crippen LogP contribution in [0.15, 0.2) is 67.0 Å². The molecule has 4 heterocycles. The molecule has 0 N–H and O–H groups in total. The molecule has 3 aromatic heterocycles. The summed E-state index contributed by atoms with van der Waals surface area (Å²) in [4.78, 5) is 17.3. The number of aryl methyl sites for hydroxylation is 2. The van der Waals surface area contributed by atoms with E-state index in [-0.39, 0.29) is 11.9 Å². The van der Waals surface area contributed by atoms with Gasteiger partial charge in [-0.05, 0) is 67.7 Å². The number of thiazole rings is 1. The SMILES string of the molecule is Cc1nc(-c2cccnc2)sc1-c1ccc2c(n1)C(=CC1CN1c1ccccc1F)CCC2. The van der Waals surface area contributed by atoms with Crippen LogP contribution in [-0.2, 0) is 6.42 Å². The second-order valence-electron chi connectivity index (χ2n) is 8.60. The van der Waals surface area contributed by atoms with E-state index >= 15 is 0 Å². The van der Waals surface area contributed by atoms with E-state index in [0.717, 1.165) is 58.3 Å². The van der Waals surface area contributed by atoms with Crippen LogP contribution in [0.5, 0.6) is 0 Å². The Labute approximate surface area is 196 Å². The van der Waals surface area contributed by atoms with Gasteiger partial charge in [0.2, 0.25) is 0 Å². The highest BCUT2D eigenvalue weighted by atomic mass is 32.1. The zero-order chi connectivity index (χ0) is 22.4. The van der Waals surface area contributed by atoms with Crippen LogP contribution >= 0.6 is 11.3 Å². The van der Waals surface area contributed by atoms with Gasteiger partial charge in [-0.25, -0.2) is 14.4 Å². The Kier molecular flexibility index (Phi) is 5.03. The minimum Gasteiger partial charge on any atom is -0.359 e. The van der Waals surface area contributed by atoms with Gasteiger partial charge < -0.3 is 4.90 Å². The molecular formula is C27H23FN4S. The van der Waals surface area contributed by atoms with E-state index in [1.54, 1.807) is 23.6 Å². The smallest absolute Gasteiger partial charge is 0.146 e. The molecule has 0 bridgehead atoms. The molecule has 1 unspecified atom stereocenters. The summed E-state index contributed by atoms with van der Waals surface area (Å²) >= 11 is 1.66. The Bertz CT molecular complexity index is 1360. The lowest BCUT2D eigenvalue weighted by Crippen LogP contribution is -2.07. The largest absolute Gasteiger partial charge is 0.359 e. The average Bonchev–Trinajstić information content (AvgIpc) is 3.49. The minimum absolute atomic E-state index is 0.159. The highest BCUT2D eigenvalue weighted by molar-refractivity contribution is 7.18. The third kappa shape index (κ3) is 3.85. The van der Waals surface area contributed by atoms with Crippen molar-refractivity contribution in [3.8, 4) is 21.1 Å². The van der Waals surface area contributed by atoms with Crippen LogP contribution < -0.4 is 4.90 Å². The Balaban J connectivity index is 1.32. The van der Waals surface area contributed by atoms with E-state index in [1.807, 2.05) is 37.4 Å². The van der Waals surface area contributed by atoms with Crippen LogP contribution in [0.1, 0.15) is 29.8 Å². The number of rotatable bonds is 4. The summed E-state index contributed by atoms with van der Waals surface area (Å²) in [6, 6.07) is 15.5. The maximum absolute atomic E-state index is 14.2. The molecule has 0 amide bonds. The van der Waals surface area contributed by atoms with Gasteiger partial charge in [-0.3, -0.25) is 4.98 Å². The van der Waals surface area contributed by atoms with Crippen LogP contribution in [0.4, 0.5) is 10.1 Å². The van der Waals surface area contributed by atoms with Crippen molar-refractivity contribution in [3.05, 3.63) is 89.8 Å². The van der Waals surface area contributed by atoms with Crippen LogP contribution in [0, 0.1) is 12.7 Å². The summed E-state index contributed by atoms with van der Waals surface area (Å²) < 4.78 is 14.2. The third-order valence-corrected chi connectivity index (χ3v) is 7.55. The first-order valence-corrected chi connectivity index (χ1v) is 12.1. The molecule has 0 radical (unpaired) electrons. The maximum atomic E-state index is 14.2. The minimum atomic E-state index is -0.159. The Morgan fingerprint density at radius 3 is 2.82 bits per heavy atom. The normalized spacial score (nSPS) is 18.4. The summed E-state index contributed by atoms with van der Waals surface area (Å²) in [5.74, 6) is -0.159. The van der Waals surface area contributed by atoms with Gasteiger partial charge in [0.15, 0.2) is 0 Å². The molecule has 1 fully saturated rings. The molecule has 33 heavy (non-hydrogen) atoms. The molecule has 2 aliphatic rings. The number of benzene rings is 1. The molecule has 4 aromatic rings. The lowest BCUT2D eigenvalue weighted by Gasteiger charge is -2.19. The van der Waals surface area contributed by atoms with Crippen molar-refractivity contribution in [2.75, 3.05) is 11.4 Å². The number of para-hydroxylation sites is 1. The molecule has 0 saturated carbocycles. The molecular weight excluding hydrogens is 431 g/mol. The highest BCUT2D eigenvalue weighted by Crippen LogP contribution is 2.39. The van der Waals surface area contributed by atoms with E-state index in [4.69, 9.17) is 9.97 Å². The number of anilines is 1. The number of aromatic nitrogens is 3.